The molecule has 0 saturated carbocycles. The highest BCUT2D eigenvalue weighted by atomic mass is 14.8. The SMILES string of the molecule is C1=C(c2ccccc2)CC(c2ccccc2)=NC(c2ccccc2)=C1c1ccccc1. The van der Waals surface area contributed by atoms with Crippen molar-refractivity contribution in [2.45, 2.75) is 6.42 Å². The lowest BCUT2D eigenvalue weighted by Crippen LogP contribution is -2.02. The van der Waals surface area contributed by atoms with Crippen molar-refractivity contribution in [1.29, 1.82) is 0 Å². The van der Waals surface area contributed by atoms with Gasteiger partial charge in [0.05, 0.1) is 11.4 Å². The first-order chi connectivity index (χ1) is 15.4. The van der Waals surface area contributed by atoms with Gasteiger partial charge in [-0.15, -0.1) is 0 Å². The van der Waals surface area contributed by atoms with Gasteiger partial charge in [0.15, 0.2) is 0 Å². The normalized spacial score (nSPS) is 13.9. The number of hydrogen-bond acceptors (Lipinski definition) is 1. The molecule has 4 aromatic carbocycles. The van der Waals surface area contributed by atoms with Gasteiger partial charge >= 0.3 is 0 Å². The van der Waals surface area contributed by atoms with E-state index in [9.17, 15) is 0 Å². The monoisotopic (exact) mass is 397 g/mol. The zero-order valence-corrected chi connectivity index (χ0v) is 17.3. The Hall–Kier alpha value is -3.97. The van der Waals surface area contributed by atoms with Crippen LogP contribution >= 0.6 is 0 Å². The minimum Gasteiger partial charge on any atom is -0.251 e. The van der Waals surface area contributed by atoms with Crippen LogP contribution in [0, 0.1) is 0 Å². The summed E-state index contributed by atoms with van der Waals surface area (Å²) < 4.78 is 0. The molecular formula is C30H23N. The van der Waals surface area contributed by atoms with E-state index >= 15 is 0 Å². The van der Waals surface area contributed by atoms with Gasteiger partial charge in [-0.05, 0) is 28.3 Å². The quantitative estimate of drug-likeness (QED) is 0.337. The van der Waals surface area contributed by atoms with Crippen LogP contribution in [0.5, 0.6) is 0 Å². The van der Waals surface area contributed by atoms with Crippen LogP contribution in [0.3, 0.4) is 0 Å². The molecule has 0 bridgehead atoms. The molecule has 0 saturated heterocycles. The Bertz CT molecular complexity index is 1150. The summed E-state index contributed by atoms with van der Waals surface area (Å²) >= 11 is 0. The average Bonchev–Trinajstić information content (AvgIpc) is 3.07. The van der Waals surface area contributed by atoms with E-state index in [1.165, 1.54) is 16.7 Å². The maximum Gasteiger partial charge on any atom is 0.0784 e. The van der Waals surface area contributed by atoms with Gasteiger partial charge < -0.3 is 0 Å². The molecule has 0 amide bonds. The van der Waals surface area contributed by atoms with Crippen LogP contribution in [0.15, 0.2) is 132 Å². The van der Waals surface area contributed by atoms with Gasteiger partial charge in [-0.25, -0.2) is 0 Å². The van der Waals surface area contributed by atoms with E-state index in [-0.39, 0.29) is 0 Å². The first-order valence-corrected chi connectivity index (χ1v) is 10.6. The average molecular weight is 398 g/mol. The molecule has 1 nitrogen and oxygen atoms in total. The summed E-state index contributed by atoms with van der Waals surface area (Å²) in [6.07, 6.45) is 3.10. The number of rotatable bonds is 4. The van der Waals surface area contributed by atoms with Crippen molar-refractivity contribution in [3.8, 4) is 0 Å². The van der Waals surface area contributed by atoms with Gasteiger partial charge in [-0.3, -0.25) is 4.99 Å². The lowest BCUT2D eigenvalue weighted by Gasteiger charge is -2.10. The van der Waals surface area contributed by atoms with E-state index in [4.69, 9.17) is 4.99 Å². The number of allylic oxidation sites excluding steroid dienone is 3. The fourth-order valence-corrected chi connectivity index (χ4v) is 4.00. The van der Waals surface area contributed by atoms with Crippen LogP contribution in [0.2, 0.25) is 0 Å². The molecule has 148 valence electrons. The molecule has 0 fully saturated rings. The highest BCUT2D eigenvalue weighted by Crippen LogP contribution is 2.36. The van der Waals surface area contributed by atoms with E-state index < -0.39 is 0 Å². The Morgan fingerprint density at radius 1 is 0.452 bits per heavy atom. The molecule has 0 radical (unpaired) electrons. The van der Waals surface area contributed by atoms with Crippen LogP contribution in [-0.2, 0) is 0 Å². The second-order valence-corrected chi connectivity index (χ2v) is 7.63. The molecule has 0 atom stereocenters. The maximum atomic E-state index is 5.29. The molecular weight excluding hydrogens is 374 g/mol. The Kier molecular flexibility index (Phi) is 5.40. The third-order valence-electron chi connectivity index (χ3n) is 5.56. The third-order valence-corrected chi connectivity index (χ3v) is 5.56. The molecule has 0 aliphatic carbocycles. The van der Waals surface area contributed by atoms with E-state index in [1.54, 1.807) is 0 Å². The summed E-state index contributed by atoms with van der Waals surface area (Å²) in [5.41, 5.74) is 9.20. The Morgan fingerprint density at radius 2 is 0.903 bits per heavy atom. The minimum absolute atomic E-state index is 0.778. The topological polar surface area (TPSA) is 12.4 Å². The molecule has 4 aromatic rings. The van der Waals surface area contributed by atoms with Crippen molar-refractivity contribution in [3.63, 3.8) is 0 Å². The molecule has 5 rings (SSSR count). The third kappa shape index (κ3) is 4.17. The number of aliphatic imine (C=N–C) groups is 1. The first kappa shape index (κ1) is 19.0. The van der Waals surface area contributed by atoms with Gasteiger partial charge in [0, 0.05) is 17.6 Å². The second-order valence-electron chi connectivity index (χ2n) is 7.63. The molecule has 1 aliphatic heterocycles. The van der Waals surface area contributed by atoms with Crippen LogP contribution in [0.1, 0.15) is 28.7 Å². The first-order valence-electron chi connectivity index (χ1n) is 10.6. The summed E-state index contributed by atoms with van der Waals surface area (Å²) in [4.78, 5) is 5.29. The van der Waals surface area contributed by atoms with Crippen molar-refractivity contribution in [1.82, 2.24) is 0 Å². The summed E-state index contributed by atoms with van der Waals surface area (Å²) in [5, 5.41) is 0. The van der Waals surface area contributed by atoms with Crippen molar-refractivity contribution >= 4 is 22.6 Å². The predicted molar refractivity (Wildman–Crippen MR) is 132 cm³/mol. The van der Waals surface area contributed by atoms with E-state index in [1.807, 2.05) is 0 Å². The zero-order valence-electron chi connectivity index (χ0n) is 17.3. The maximum absolute atomic E-state index is 5.29. The molecule has 0 unspecified atom stereocenters. The Balaban J connectivity index is 1.80. The standard InChI is InChI=1S/C30H23N/c1-5-13-23(14-6-1)27-21-28(24-15-7-2-8-16-24)30(26-19-11-4-12-20-26)31-29(22-27)25-17-9-3-10-18-25/h1-21H,22H2. The van der Waals surface area contributed by atoms with Gasteiger partial charge in [0.1, 0.15) is 0 Å². The molecule has 0 aromatic heterocycles. The summed E-state index contributed by atoms with van der Waals surface area (Å²) in [6, 6.07) is 42.2. The second kappa shape index (κ2) is 8.81. The van der Waals surface area contributed by atoms with Gasteiger partial charge in [-0.1, -0.05) is 121 Å². The molecule has 1 aliphatic rings. The zero-order chi connectivity index (χ0) is 20.9. The summed E-state index contributed by atoms with van der Waals surface area (Å²) in [7, 11) is 0. The van der Waals surface area contributed by atoms with Crippen molar-refractivity contribution in [3.05, 3.63) is 150 Å². The lowest BCUT2D eigenvalue weighted by molar-refractivity contribution is 1.40. The fourth-order valence-electron chi connectivity index (χ4n) is 4.00. The number of benzene rings is 4. The van der Waals surface area contributed by atoms with Crippen LogP contribution in [0.4, 0.5) is 0 Å². The van der Waals surface area contributed by atoms with Gasteiger partial charge in [0.2, 0.25) is 0 Å². The number of hydrogen-bond donors (Lipinski definition) is 0. The molecule has 31 heavy (non-hydrogen) atoms. The minimum atomic E-state index is 0.778. The Labute approximate surface area is 183 Å². The summed E-state index contributed by atoms with van der Waals surface area (Å²) in [6.45, 7) is 0. The van der Waals surface area contributed by atoms with Crippen LogP contribution in [-0.4, -0.2) is 5.71 Å². The van der Waals surface area contributed by atoms with Crippen LogP contribution < -0.4 is 0 Å². The van der Waals surface area contributed by atoms with E-state index in [0.29, 0.717) is 0 Å². The molecule has 1 heteroatoms. The number of nitrogens with zero attached hydrogens (tertiary/aromatic N) is 1. The molecule has 1 heterocycles. The van der Waals surface area contributed by atoms with Gasteiger partial charge in [0.25, 0.3) is 0 Å². The molecule has 0 N–H and O–H groups in total. The highest BCUT2D eigenvalue weighted by Gasteiger charge is 2.19. The van der Waals surface area contributed by atoms with E-state index in [0.717, 1.165) is 34.5 Å². The summed E-state index contributed by atoms with van der Waals surface area (Å²) in [5.74, 6) is 0. The fraction of sp³-hybridized carbons (Fsp3) is 0.0333. The molecule has 0 spiro atoms. The smallest absolute Gasteiger partial charge is 0.0784 e. The largest absolute Gasteiger partial charge is 0.251 e. The van der Waals surface area contributed by atoms with Gasteiger partial charge in [-0.2, -0.15) is 0 Å². The van der Waals surface area contributed by atoms with E-state index in [2.05, 4.69) is 127 Å². The lowest BCUT2D eigenvalue weighted by atomic mass is 9.93. The van der Waals surface area contributed by atoms with Crippen molar-refractivity contribution < 1.29 is 0 Å². The van der Waals surface area contributed by atoms with Crippen molar-refractivity contribution in [2.75, 3.05) is 0 Å². The Morgan fingerprint density at radius 3 is 1.45 bits per heavy atom. The highest BCUT2D eigenvalue weighted by molar-refractivity contribution is 6.14. The van der Waals surface area contributed by atoms with Crippen molar-refractivity contribution in [2.24, 2.45) is 4.99 Å². The predicted octanol–water partition coefficient (Wildman–Crippen LogP) is 7.53. The van der Waals surface area contributed by atoms with Crippen LogP contribution in [0.25, 0.3) is 16.8 Å².